The molecule has 1 aliphatic heterocycles. The van der Waals surface area contributed by atoms with Gasteiger partial charge in [0.15, 0.2) is 0 Å². The first-order chi connectivity index (χ1) is 14.2. The number of hydrogen-bond acceptors (Lipinski definition) is 2. The van der Waals surface area contributed by atoms with Crippen molar-refractivity contribution in [3.8, 4) is 5.75 Å². The number of para-hydroxylation sites is 1. The maximum atomic E-state index is 13.4. The molecule has 0 unspecified atom stereocenters. The predicted molar refractivity (Wildman–Crippen MR) is 114 cm³/mol. The Morgan fingerprint density at radius 3 is 2.59 bits per heavy atom. The van der Waals surface area contributed by atoms with Gasteiger partial charge >= 0.3 is 0 Å². The zero-order valence-corrected chi connectivity index (χ0v) is 16.5. The molecule has 1 amide bonds. The minimum absolute atomic E-state index is 0.0707. The number of carbonyl (C=O) groups excluding carboxylic acids is 1. The van der Waals surface area contributed by atoms with Gasteiger partial charge < -0.3 is 14.2 Å². The van der Waals surface area contributed by atoms with E-state index in [-0.39, 0.29) is 11.9 Å². The monoisotopic (exact) mass is 382 g/mol. The van der Waals surface area contributed by atoms with Gasteiger partial charge in [0.05, 0.1) is 13.2 Å². The summed E-state index contributed by atoms with van der Waals surface area (Å²) >= 11 is 0. The summed E-state index contributed by atoms with van der Waals surface area (Å²) in [6.07, 6.45) is 2.16. The van der Waals surface area contributed by atoms with Gasteiger partial charge in [0, 0.05) is 41.8 Å². The number of benzene rings is 3. The molecule has 0 saturated heterocycles. The molecule has 0 fully saturated rings. The van der Waals surface area contributed by atoms with Gasteiger partial charge in [0.1, 0.15) is 5.75 Å². The van der Waals surface area contributed by atoms with Gasteiger partial charge in [-0.15, -0.1) is 0 Å². The summed E-state index contributed by atoms with van der Waals surface area (Å²) in [6.45, 7) is 0.526. The van der Waals surface area contributed by atoms with Crippen molar-refractivity contribution in [1.29, 1.82) is 0 Å². The molecule has 4 nitrogen and oxygen atoms in total. The first kappa shape index (κ1) is 17.6. The van der Waals surface area contributed by atoms with Crippen molar-refractivity contribution in [2.75, 3.05) is 7.11 Å². The maximum absolute atomic E-state index is 13.4. The summed E-state index contributed by atoms with van der Waals surface area (Å²) in [4.78, 5) is 15.3. The molecule has 5 rings (SSSR count). The number of rotatable bonds is 4. The van der Waals surface area contributed by atoms with E-state index in [1.807, 2.05) is 53.4 Å². The van der Waals surface area contributed by atoms with Gasteiger partial charge in [-0.05, 0) is 35.4 Å². The van der Waals surface area contributed by atoms with Crippen molar-refractivity contribution in [2.45, 2.75) is 12.6 Å². The van der Waals surface area contributed by atoms with Crippen LogP contribution in [0, 0.1) is 0 Å². The Bertz CT molecular complexity index is 1220. The van der Waals surface area contributed by atoms with Crippen LogP contribution in [0.25, 0.3) is 10.9 Å². The molecule has 0 spiro atoms. The van der Waals surface area contributed by atoms with E-state index < -0.39 is 0 Å². The molecule has 0 saturated carbocycles. The lowest BCUT2D eigenvalue weighted by molar-refractivity contribution is 0.0736. The Balaban J connectivity index is 1.66. The van der Waals surface area contributed by atoms with Crippen LogP contribution in [0.5, 0.6) is 5.75 Å². The summed E-state index contributed by atoms with van der Waals surface area (Å²) in [5.41, 5.74) is 5.23. The largest absolute Gasteiger partial charge is 0.497 e. The third kappa shape index (κ3) is 2.80. The molecule has 2 heterocycles. The van der Waals surface area contributed by atoms with Crippen LogP contribution in [0.4, 0.5) is 0 Å². The zero-order chi connectivity index (χ0) is 20.0. The van der Waals surface area contributed by atoms with E-state index in [0.717, 1.165) is 28.0 Å². The molecule has 3 aromatic carbocycles. The van der Waals surface area contributed by atoms with Crippen LogP contribution < -0.4 is 4.74 Å². The zero-order valence-electron chi connectivity index (χ0n) is 16.5. The van der Waals surface area contributed by atoms with Gasteiger partial charge in [-0.1, -0.05) is 48.5 Å². The van der Waals surface area contributed by atoms with E-state index in [9.17, 15) is 4.79 Å². The van der Waals surface area contributed by atoms with Crippen molar-refractivity contribution in [3.63, 3.8) is 0 Å². The topological polar surface area (TPSA) is 34.5 Å². The lowest BCUT2D eigenvalue weighted by Crippen LogP contribution is -2.28. The fourth-order valence-electron chi connectivity index (χ4n) is 4.43. The minimum atomic E-state index is -0.115. The van der Waals surface area contributed by atoms with E-state index in [0.29, 0.717) is 6.54 Å². The number of nitrogens with zero attached hydrogens (tertiary/aromatic N) is 2. The summed E-state index contributed by atoms with van der Waals surface area (Å²) in [5.74, 6) is 0.870. The number of hydrogen-bond donors (Lipinski definition) is 0. The highest BCUT2D eigenvalue weighted by molar-refractivity contribution is 6.00. The van der Waals surface area contributed by atoms with Crippen LogP contribution in [0.3, 0.4) is 0 Å². The first-order valence-corrected chi connectivity index (χ1v) is 9.74. The second-order valence-electron chi connectivity index (χ2n) is 7.49. The van der Waals surface area contributed by atoms with E-state index in [4.69, 9.17) is 4.74 Å². The van der Waals surface area contributed by atoms with E-state index in [1.165, 1.54) is 10.9 Å². The molecule has 144 valence electrons. The average molecular weight is 382 g/mol. The molecule has 0 N–H and O–H groups in total. The fourth-order valence-corrected chi connectivity index (χ4v) is 4.43. The Morgan fingerprint density at radius 2 is 1.72 bits per heavy atom. The number of methoxy groups -OCH3 is 1. The van der Waals surface area contributed by atoms with Gasteiger partial charge in [-0.25, -0.2) is 0 Å². The van der Waals surface area contributed by atoms with Gasteiger partial charge in [-0.2, -0.15) is 0 Å². The molecule has 0 aliphatic carbocycles. The number of fused-ring (bicyclic) bond motifs is 2. The lowest BCUT2D eigenvalue weighted by atomic mass is 9.97. The summed E-state index contributed by atoms with van der Waals surface area (Å²) in [7, 11) is 3.72. The fraction of sp³-hybridized carbons (Fsp3) is 0.160. The van der Waals surface area contributed by atoms with Crippen LogP contribution in [-0.4, -0.2) is 22.5 Å². The maximum Gasteiger partial charge on any atom is 0.255 e. The summed E-state index contributed by atoms with van der Waals surface area (Å²) < 4.78 is 7.51. The lowest BCUT2D eigenvalue weighted by Gasteiger charge is -2.26. The number of amides is 1. The van der Waals surface area contributed by atoms with Crippen molar-refractivity contribution < 1.29 is 9.53 Å². The highest BCUT2D eigenvalue weighted by atomic mass is 16.5. The van der Waals surface area contributed by atoms with Crippen LogP contribution in [-0.2, 0) is 13.6 Å². The molecular weight excluding hydrogens is 360 g/mol. The highest BCUT2D eigenvalue weighted by Crippen LogP contribution is 2.42. The molecule has 0 radical (unpaired) electrons. The first-order valence-electron chi connectivity index (χ1n) is 9.74. The average Bonchev–Trinajstić information content (AvgIpc) is 3.23. The van der Waals surface area contributed by atoms with Crippen molar-refractivity contribution in [1.82, 2.24) is 9.47 Å². The normalized spacial score (nSPS) is 15.7. The second kappa shape index (κ2) is 6.82. The Hall–Kier alpha value is -3.53. The van der Waals surface area contributed by atoms with E-state index in [2.05, 4.69) is 42.1 Å². The molecule has 29 heavy (non-hydrogen) atoms. The second-order valence-corrected chi connectivity index (χ2v) is 7.49. The summed E-state index contributed by atoms with van der Waals surface area (Å²) in [6, 6.07) is 24.1. The number of aromatic nitrogens is 1. The van der Waals surface area contributed by atoms with Crippen molar-refractivity contribution >= 4 is 16.8 Å². The number of aryl methyl sites for hydroxylation is 1. The van der Waals surface area contributed by atoms with Crippen LogP contribution in [0.1, 0.15) is 33.1 Å². The quantitative estimate of drug-likeness (QED) is 0.501. The smallest absolute Gasteiger partial charge is 0.255 e. The predicted octanol–water partition coefficient (Wildman–Crippen LogP) is 4.93. The molecular formula is C25H22N2O2. The van der Waals surface area contributed by atoms with Gasteiger partial charge in [0.25, 0.3) is 5.91 Å². The molecule has 1 aromatic heterocycles. The molecule has 1 aliphatic rings. The Kier molecular flexibility index (Phi) is 4.13. The van der Waals surface area contributed by atoms with Crippen LogP contribution in [0.15, 0.2) is 79.0 Å². The Morgan fingerprint density at radius 1 is 0.931 bits per heavy atom. The van der Waals surface area contributed by atoms with Gasteiger partial charge in [-0.3, -0.25) is 4.79 Å². The Labute approximate surface area is 170 Å². The van der Waals surface area contributed by atoms with Crippen molar-refractivity contribution in [2.24, 2.45) is 7.05 Å². The highest BCUT2D eigenvalue weighted by Gasteiger charge is 2.38. The van der Waals surface area contributed by atoms with Crippen LogP contribution in [0.2, 0.25) is 0 Å². The minimum Gasteiger partial charge on any atom is -0.497 e. The number of ether oxygens (including phenoxy) is 1. The standard InChI is InChI=1S/C25H22N2O2/c1-26-16-22(19-10-5-6-13-23(19)26)24-20-11-3-4-12-21(20)25(28)27(24)15-17-8-7-9-18(14-17)29-2/h3-14,16,24H,15H2,1-2H3/t24-/m0/s1. The molecule has 4 aromatic rings. The number of carbonyl (C=O) groups is 1. The molecule has 0 bridgehead atoms. The summed E-state index contributed by atoms with van der Waals surface area (Å²) in [5, 5.41) is 1.18. The van der Waals surface area contributed by atoms with Crippen molar-refractivity contribution in [3.05, 3.63) is 101 Å². The van der Waals surface area contributed by atoms with Crippen LogP contribution >= 0.6 is 0 Å². The third-order valence-corrected chi connectivity index (χ3v) is 5.77. The van der Waals surface area contributed by atoms with E-state index >= 15 is 0 Å². The molecule has 4 heteroatoms. The SMILES string of the molecule is COc1cccc(CN2C(=O)c3ccccc3[C@H]2c2cn(C)c3ccccc23)c1. The van der Waals surface area contributed by atoms with E-state index in [1.54, 1.807) is 7.11 Å². The van der Waals surface area contributed by atoms with Gasteiger partial charge in [0.2, 0.25) is 0 Å². The molecule has 1 atom stereocenters. The third-order valence-electron chi connectivity index (χ3n) is 5.77.